The molecule has 0 bridgehead atoms. The van der Waals surface area contributed by atoms with Gasteiger partial charge in [0.2, 0.25) is 0 Å². The van der Waals surface area contributed by atoms with E-state index in [0.717, 1.165) is 18.4 Å². The predicted molar refractivity (Wildman–Crippen MR) is 125 cm³/mol. The number of rotatable bonds is 15. The van der Waals surface area contributed by atoms with Crippen molar-refractivity contribution < 1.29 is 22.8 Å². The largest absolute Gasteiger partial charge is 0.504 e. The molecule has 31 heavy (non-hydrogen) atoms. The summed E-state index contributed by atoms with van der Waals surface area (Å²) >= 11 is 0. The summed E-state index contributed by atoms with van der Waals surface area (Å²) in [5.74, 6) is 0.747. The molecule has 0 aromatic heterocycles. The Labute approximate surface area is 187 Å². The highest BCUT2D eigenvalue weighted by Crippen LogP contribution is 2.32. The molecule has 0 aliphatic heterocycles. The monoisotopic (exact) mass is 448 g/mol. The molecule has 0 unspecified atom stereocenters. The first-order chi connectivity index (χ1) is 14.9. The molecule has 2 N–H and O–H groups in total. The first-order valence-corrected chi connectivity index (χ1v) is 12.9. The van der Waals surface area contributed by atoms with Gasteiger partial charge < -0.3 is 9.84 Å². The Morgan fingerprint density at radius 1 is 0.774 bits per heavy atom. The van der Waals surface area contributed by atoms with Crippen molar-refractivity contribution >= 4 is 10.1 Å². The minimum atomic E-state index is -4.24. The SMILES string of the molecule is CCCCCCCCCCCCCc1ccc(O)c(Oc2ccc(S(=O)(=O)O)cc2)c1. The predicted octanol–water partition coefficient (Wildman–Crippen LogP) is 7.28. The van der Waals surface area contributed by atoms with Crippen LogP contribution in [0.25, 0.3) is 0 Å². The zero-order valence-electron chi connectivity index (χ0n) is 18.6. The number of hydrogen-bond donors (Lipinski definition) is 2. The van der Waals surface area contributed by atoms with Crippen LogP contribution >= 0.6 is 0 Å². The Bertz CT molecular complexity index is 875. The molecule has 0 heterocycles. The minimum absolute atomic E-state index is 0.0292. The van der Waals surface area contributed by atoms with Crippen molar-refractivity contribution in [1.29, 1.82) is 0 Å². The van der Waals surface area contributed by atoms with Crippen LogP contribution < -0.4 is 4.74 Å². The van der Waals surface area contributed by atoms with E-state index in [0.29, 0.717) is 11.5 Å². The van der Waals surface area contributed by atoms with Crippen molar-refractivity contribution in [3.8, 4) is 17.2 Å². The third-order valence-corrected chi connectivity index (χ3v) is 6.31. The van der Waals surface area contributed by atoms with Crippen LogP contribution in [-0.4, -0.2) is 18.1 Å². The van der Waals surface area contributed by atoms with Gasteiger partial charge in [-0.1, -0.05) is 77.2 Å². The van der Waals surface area contributed by atoms with Crippen LogP contribution in [0.3, 0.4) is 0 Å². The van der Waals surface area contributed by atoms with Gasteiger partial charge in [-0.3, -0.25) is 4.55 Å². The van der Waals surface area contributed by atoms with E-state index in [2.05, 4.69) is 6.92 Å². The number of aryl methyl sites for hydroxylation is 1. The van der Waals surface area contributed by atoms with Crippen molar-refractivity contribution in [2.75, 3.05) is 0 Å². The number of phenols is 1. The van der Waals surface area contributed by atoms with E-state index >= 15 is 0 Å². The van der Waals surface area contributed by atoms with Gasteiger partial charge in [-0.05, 0) is 54.8 Å². The third kappa shape index (κ3) is 9.74. The maximum Gasteiger partial charge on any atom is 0.294 e. The third-order valence-electron chi connectivity index (χ3n) is 5.44. The molecule has 2 rings (SSSR count). The van der Waals surface area contributed by atoms with Gasteiger partial charge in [0.05, 0.1) is 4.90 Å². The van der Waals surface area contributed by atoms with Crippen LogP contribution in [0.1, 0.15) is 83.1 Å². The first-order valence-electron chi connectivity index (χ1n) is 11.5. The van der Waals surface area contributed by atoms with Crippen molar-refractivity contribution in [3.05, 3.63) is 48.0 Å². The van der Waals surface area contributed by atoms with E-state index in [-0.39, 0.29) is 10.6 Å². The number of hydrogen-bond acceptors (Lipinski definition) is 4. The van der Waals surface area contributed by atoms with E-state index in [1.165, 1.54) is 88.5 Å². The topological polar surface area (TPSA) is 83.8 Å². The summed E-state index contributed by atoms with van der Waals surface area (Å²) in [5.41, 5.74) is 1.10. The van der Waals surface area contributed by atoms with Crippen LogP contribution in [0.4, 0.5) is 0 Å². The number of ether oxygens (including phenoxy) is 1. The molecule has 2 aromatic rings. The fourth-order valence-electron chi connectivity index (χ4n) is 3.60. The highest BCUT2D eigenvalue weighted by molar-refractivity contribution is 7.85. The summed E-state index contributed by atoms with van der Waals surface area (Å²) in [6, 6.07) is 10.8. The second-order valence-electron chi connectivity index (χ2n) is 8.14. The Morgan fingerprint density at radius 2 is 1.32 bits per heavy atom. The van der Waals surface area contributed by atoms with Crippen LogP contribution in [0, 0.1) is 0 Å². The standard InChI is InChI=1S/C25H36O5S/c1-2-3-4-5-6-7-8-9-10-11-12-13-21-14-19-24(26)25(20-21)30-22-15-17-23(18-16-22)31(27,28)29/h14-20,26H,2-13H2,1H3,(H,27,28,29). The van der Waals surface area contributed by atoms with Crippen LogP contribution in [-0.2, 0) is 16.5 Å². The second-order valence-corrected chi connectivity index (χ2v) is 9.56. The Balaban J connectivity index is 1.71. The maximum absolute atomic E-state index is 11.1. The molecule has 172 valence electrons. The number of unbranched alkanes of at least 4 members (excludes halogenated alkanes) is 10. The molecular formula is C25H36O5S. The summed E-state index contributed by atoms with van der Waals surface area (Å²) < 4.78 is 37.0. The first kappa shape index (κ1) is 25.2. The van der Waals surface area contributed by atoms with E-state index in [1.54, 1.807) is 6.07 Å². The average molecular weight is 449 g/mol. The lowest BCUT2D eigenvalue weighted by atomic mass is 10.0. The molecule has 0 fully saturated rings. The van der Waals surface area contributed by atoms with Gasteiger partial charge >= 0.3 is 0 Å². The Hall–Kier alpha value is -2.05. The molecule has 0 aliphatic carbocycles. The Morgan fingerprint density at radius 3 is 1.87 bits per heavy atom. The zero-order valence-corrected chi connectivity index (χ0v) is 19.4. The molecule has 0 amide bonds. The summed E-state index contributed by atoms with van der Waals surface area (Å²) in [4.78, 5) is -0.200. The fraction of sp³-hybridized carbons (Fsp3) is 0.520. The quantitative estimate of drug-likeness (QED) is 0.221. The van der Waals surface area contributed by atoms with Crippen LogP contribution in [0.2, 0.25) is 0 Å². The van der Waals surface area contributed by atoms with Gasteiger partial charge in [-0.25, -0.2) is 0 Å². The second kappa shape index (κ2) is 13.4. The van der Waals surface area contributed by atoms with Crippen molar-refractivity contribution in [2.45, 2.75) is 88.9 Å². The van der Waals surface area contributed by atoms with Gasteiger partial charge in [0.15, 0.2) is 11.5 Å². The van der Waals surface area contributed by atoms with Gasteiger partial charge in [-0.2, -0.15) is 8.42 Å². The molecule has 2 aromatic carbocycles. The average Bonchev–Trinajstić information content (AvgIpc) is 2.74. The fourth-order valence-corrected chi connectivity index (χ4v) is 4.08. The highest BCUT2D eigenvalue weighted by Gasteiger charge is 2.10. The van der Waals surface area contributed by atoms with Crippen molar-refractivity contribution in [3.63, 3.8) is 0 Å². The summed E-state index contributed by atoms with van der Waals surface area (Å²) in [7, 11) is -4.24. The molecule has 5 nitrogen and oxygen atoms in total. The number of aromatic hydroxyl groups is 1. The highest BCUT2D eigenvalue weighted by atomic mass is 32.2. The lowest BCUT2D eigenvalue weighted by Gasteiger charge is -2.10. The lowest BCUT2D eigenvalue weighted by molar-refractivity contribution is 0.410. The van der Waals surface area contributed by atoms with E-state index in [4.69, 9.17) is 9.29 Å². The molecule has 0 radical (unpaired) electrons. The Kier molecular flexibility index (Phi) is 10.9. The van der Waals surface area contributed by atoms with E-state index in [1.807, 2.05) is 12.1 Å². The summed E-state index contributed by atoms with van der Waals surface area (Å²) in [6.45, 7) is 2.25. The molecule has 0 saturated carbocycles. The molecular weight excluding hydrogens is 412 g/mol. The van der Waals surface area contributed by atoms with Gasteiger partial charge in [0.1, 0.15) is 5.75 Å². The molecule has 6 heteroatoms. The van der Waals surface area contributed by atoms with Gasteiger partial charge in [0.25, 0.3) is 10.1 Å². The van der Waals surface area contributed by atoms with Crippen molar-refractivity contribution in [1.82, 2.24) is 0 Å². The normalized spacial score (nSPS) is 11.5. The summed E-state index contributed by atoms with van der Waals surface area (Å²) in [5, 5.41) is 10.1. The van der Waals surface area contributed by atoms with Gasteiger partial charge in [0, 0.05) is 0 Å². The summed E-state index contributed by atoms with van der Waals surface area (Å²) in [6.07, 6.45) is 15.3. The molecule has 0 atom stereocenters. The maximum atomic E-state index is 11.1. The van der Waals surface area contributed by atoms with Crippen LogP contribution in [0.15, 0.2) is 47.4 Å². The minimum Gasteiger partial charge on any atom is -0.504 e. The van der Waals surface area contributed by atoms with Gasteiger partial charge in [-0.15, -0.1) is 0 Å². The zero-order chi connectivity index (χ0) is 22.5. The lowest BCUT2D eigenvalue weighted by Crippen LogP contribution is -1.97. The smallest absolute Gasteiger partial charge is 0.294 e. The molecule has 0 spiro atoms. The van der Waals surface area contributed by atoms with Crippen molar-refractivity contribution in [2.24, 2.45) is 0 Å². The number of phenolic OH excluding ortho intramolecular Hbond substituents is 1. The molecule has 0 saturated heterocycles. The molecule has 0 aliphatic rings. The van der Waals surface area contributed by atoms with E-state index in [9.17, 15) is 13.5 Å². The number of benzene rings is 2. The van der Waals surface area contributed by atoms with E-state index < -0.39 is 10.1 Å². The van der Waals surface area contributed by atoms with Crippen LogP contribution in [0.5, 0.6) is 17.2 Å².